The van der Waals surface area contributed by atoms with Gasteiger partial charge < -0.3 is 14.6 Å². The topological polar surface area (TPSA) is 72.8 Å². The van der Waals surface area contributed by atoms with E-state index in [1.165, 1.54) is 89.9 Å². The van der Waals surface area contributed by atoms with Gasteiger partial charge in [-0.15, -0.1) is 0 Å². The van der Waals surface area contributed by atoms with Crippen molar-refractivity contribution < 1.29 is 24.2 Å². The number of hydrogen-bond acceptors (Lipinski definition) is 5. The van der Waals surface area contributed by atoms with Crippen LogP contribution in [0.1, 0.15) is 284 Å². The van der Waals surface area contributed by atoms with Crippen molar-refractivity contribution in [2.75, 3.05) is 13.2 Å². The van der Waals surface area contributed by atoms with E-state index in [1.807, 2.05) is 0 Å². The number of aliphatic hydroxyl groups excluding tert-OH is 1. The molecule has 1 unspecified atom stereocenters. The minimum atomic E-state index is -0.808. The lowest BCUT2D eigenvalue weighted by molar-refractivity contribution is -0.161. The Morgan fingerprint density at radius 1 is 0.250 bits per heavy atom. The lowest BCUT2D eigenvalue weighted by Gasteiger charge is -2.15. The molecule has 0 amide bonds. The third kappa shape index (κ3) is 76.4. The molecule has 0 aliphatic carbocycles. The normalized spacial score (nSPS) is 13.6. The fraction of sp³-hybridized carbons (Fsp3) is 0.540. The van der Waals surface area contributed by atoms with Crippen LogP contribution in [0.3, 0.4) is 0 Å². The Hall–Kier alpha value is -6.04. The lowest BCUT2D eigenvalue weighted by Crippen LogP contribution is -2.28. The van der Waals surface area contributed by atoms with E-state index >= 15 is 0 Å². The predicted octanol–water partition coefficient (Wildman–Crippen LogP) is 26.4. The van der Waals surface area contributed by atoms with Crippen LogP contribution >= 0.6 is 0 Å². The predicted molar refractivity (Wildman–Crippen MR) is 407 cm³/mol. The molecule has 1 atom stereocenters. The Balaban J connectivity index is 3.61. The van der Waals surface area contributed by atoms with Crippen LogP contribution in [0.5, 0.6) is 0 Å². The molecule has 0 bridgehead atoms. The monoisotopic (exact) mass is 1260 g/mol. The van der Waals surface area contributed by atoms with E-state index in [2.05, 4.69) is 245 Å². The molecule has 0 rings (SSSR count). The number of ether oxygens (including phenoxy) is 2. The van der Waals surface area contributed by atoms with Gasteiger partial charge in [-0.1, -0.05) is 341 Å². The standard InChI is InChI=1S/C87H134O5/c1-3-5-7-9-11-13-15-17-19-21-23-25-27-29-31-33-35-37-39-41-42-43-44-46-47-49-51-53-55-57-59-61-63-65-67-69-71-73-75-77-79-81-86(89)91-84-85(83-88)92-87(90)82-80-78-76-74-72-70-68-66-64-62-60-58-56-54-52-50-48-45-40-38-36-34-32-30-28-26-24-22-20-18-16-14-12-10-8-6-4-2/h5-8,11-14,17-20,23-26,29-32,35-38,41-42,44-46,48,52,54,58,60,64,66,70,72,85,88H,3-4,9-10,15-16,21-22,27-28,33-34,39-40,43,47,49-51,53,55-57,59,61-63,65,67-69,71,73-84H2,1-2H3/b7-5-,8-6-,13-11-,14-12-,19-17-,20-18-,25-23-,26-24-,31-29-,32-30-,37-35-,38-36-,42-41-,46-44-,48-45-,54-52-,60-58-,66-64-,72-70-. The highest BCUT2D eigenvalue weighted by Crippen LogP contribution is 2.16. The van der Waals surface area contributed by atoms with Crippen LogP contribution < -0.4 is 0 Å². The second kappa shape index (κ2) is 79.2. The van der Waals surface area contributed by atoms with Crippen LogP contribution in [0, 0.1) is 0 Å². The van der Waals surface area contributed by atoms with Crippen LogP contribution in [0.15, 0.2) is 231 Å². The Labute approximate surface area is 566 Å². The summed E-state index contributed by atoms with van der Waals surface area (Å²) in [6.45, 7) is 3.88. The Morgan fingerprint density at radius 2 is 0.435 bits per heavy atom. The van der Waals surface area contributed by atoms with Gasteiger partial charge >= 0.3 is 11.9 Å². The highest BCUT2D eigenvalue weighted by Gasteiger charge is 2.16. The highest BCUT2D eigenvalue weighted by atomic mass is 16.6. The number of unbranched alkanes of at least 4 members (excludes halogenated alkanes) is 19. The SMILES string of the molecule is CC/C=C\C/C=C\C/C=C\C/C=C\C/C=C\C/C=C\C/C=C\C/C=C\C/C=C\C/C=C\C/C=C\CCCCCC(=O)OC(CO)COC(=O)CCCCCCCCCCCCCCCCCC/C=C\C/C=C\C/C=C\C/C=C\C/C=C\C/C=C\C/C=C\C/C=C\CC. The molecule has 5 nitrogen and oxygen atoms in total. The van der Waals surface area contributed by atoms with Gasteiger partial charge in [0.05, 0.1) is 6.61 Å². The summed E-state index contributed by atoms with van der Waals surface area (Å²) in [6, 6.07) is 0. The Bertz CT molecular complexity index is 2220. The van der Waals surface area contributed by atoms with Crippen molar-refractivity contribution >= 4 is 11.9 Å². The first-order valence-electron chi connectivity index (χ1n) is 36.9. The quantitative estimate of drug-likeness (QED) is 0.0373. The zero-order valence-corrected chi connectivity index (χ0v) is 58.7. The summed E-state index contributed by atoms with van der Waals surface area (Å²) in [7, 11) is 0. The van der Waals surface area contributed by atoms with Gasteiger partial charge in [-0.3, -0.25) is 9.59 Å². The first-order chi connectivity index (χ1) is 45.6. The fourth-order valence-corrected chi connectivity index (χ4v) is 9.52. The maximum atomic E-state index is 12.4. The summed E-state index contributed by atoms with van der Waals surface area (Å²) < 4.78 is 10.7. The molecule has 0 spiro atoms. The number of hydrogen-bond donors (Lipinski definition) is 1. The molecule has 0 saturated heterocycles. The number of carbonyl (C=O) groups excluding carboxylic acids is 2. The van der Waals surface area contributed by atoms with Crippen LogP contribution in [0.25, 0.3) is 0 Å². The number of aliphatic hydroxyl groups is 1. The minimum Gasteiger partial charge on any atom is -0.462 e. The van der Waals surface area contributed by atoms with Crippen LogP contribution in [0.4, 0.5) is 0 Å². The van der Waals surface area contributed by atoms with Crippen molar-refractivity contribution in [1.29, 1.82) is 0 Å². The van der Waals surface area contributed by atoms with Gasteiger partial charge in [-0.2, -0.15) is 0 Å². The molecule has 0 aliphatic heterocycles. The molecule has 0 aliphatic rings. The smallest absolute Gasteiger partial charge is 0.306 e. The Kier molecular flexibility index (Phi) is 74.0. The van der Waals surface area contributed by atoms with Crippen LogP contribution in [0.2, 0.25) is 0 Å². The summed E-state index contributed by atoms with van der Waals surface area (Å²) >= 11 is 0. The zero-order valence-electron chi connectivity index (χ0n) is 58.7. The number of carbonyl (C=O) groups is 2. The second-order valence-electron chi connectivity index (χ2n) is 23.6. The Morgan fingerprint density at radius 3 is 0.663 bits per heavy atom. The number of rotatable bonds is 65. The number of esters is 2. The molecule has 1 N–H and O–H groups in total. The van der Waals surface area contributed by atoms with E-state index in [-0.39, 0.29) is 25.2 Å². The van der Waals surface area contributed by atoms with Crippen molar-refractivity contribution in [3.63, 3.8) is 0 Å². The molecule has 0 saturated carbocycles. The van der Waals surface area contributed by atoms with Gasteiger partial charge in [-0.25, -0.2) is 0 Å². The second-order valence-corrected chi connectivity index (χ2v) is 23.6. The first-order valence-corrected chi connectivity index (χ1v) is 36.9. The molecule has 92 heavy (non-hydrogen) atoms. The van der Waals surface area contributed by atoms with Gasteiger partial charge in [0.25, 0.3) is 0 Å². The van der Waals surface area contributed by atoms with Crippen LogP contribution in [-0.4, -0.2) is 36.4 Å². The number of allylic oxidation sites excluding steroid dienone is 38. The van der Waals surface area contributed by atoms with Crippen molar-refractivity contribution in [2.45, 2.75) is 290 Å². The largest absolute Gasteiger partial charge is 0.462 e. The summed E-state index contributed by atoms with van der Waals surface area (Å²) in [6.07, 6.45) is 129. The van der Waals surface area contributed by atoms with Crippen LogP contribution in [-0.2, 0) is 19.1 Å². The summed E-state index contributed by atoms with van der Waals surface area (Å²) in [4.78, 5) is 24.7. The average Bonchev–Trinajstić information content (AvgIpc) is 3.70. The third-order valence-electron chi connectivity index (χ3n) is 15.0. The van der Waals surface area contributed by atoms with Gasteiger partial charge in [0.15, 0.2) is 6.10 Å². The van der Waals surface area contributed by atoms with E-state index in [1.54, 1.807) is 0 Å². The highest BCUT2D eigenvalue weighted by molar-refractivity contribution is 5.70. The maximum Gasteiger partial charge on any atom is 0.306 e. The molecule has 0 heterocycles. The van der Waals surface area contributed by atoms with E-state index in [0.29, 0.717) is 12.8 Å². The first kappa shape index (κ1) is 86.0. The molecular formula is C87H134O5. The molecule has 0 fully saturated rings. The van der Waals surface area contributed by atoms with Crippen molar-refractivity contribution in [2.24, 2.45) is 0 Å². The molecule has 5 heteroatoms. The lowest BCUT2D eigenvalue weighted by atomic mass is 10.0. The molecule has 0 aromatic carbocycles. The molecule has 0 aromatic heterocycles. The summed E-state index contributed by atoms with van der Waals surface area (Å²) in [5, 5.41) is 9.71. The fourth-order valence-electron chi connectivity index (χ4n) is 9.52. The summed E-state index contributed by atoms with van der Waals surface area (Å²) in [5.74, 6) is -0.640. The van der Waals surface area contributed by atoms with Crippen molar-refractivity contribution in [3.05, 3.63) is 231 Å². The molecule has 0 radical (unpaired) electrons. The summed E-state index contributed by atoms with van der Waals surface area (Å²) in [5.41, 5.74) is 0. The zero-order chi connectivity index (χ0) is 66.1. The van der Waals surface area contributed by atoms with E-state index in [0.717, 1.165) is 167 Å². The third-order valence-corrected chi connectivity index (χ3v) is 15.0. The molecule has 512 valence electrons. The molecule has 0 aromatic rings. The van der Waals surface area contributed by atoms with E-state index in [4.69, 9.17) is 9.47 Å². The van der Waals surface area contributed by atoms with Crippen molar-refractivity contribution in [3.8, 4) is 0 Å². The average molecular weight is 1260 g/mol. The van der Waals surface area contributed by atoms with E-state index in [9.17, 15) is 14.7 Å². The minimum absolute atomic E-state index is 0.0923. The van der Waals surface area contributed by atoms with Gasteiger partial charge in [-0.05, 0) is 161 Å². The molecular weight excluding hydrogens is 1120 g/mol. The van der Waals surface area contributed by atoms with E-state index < -0.39 is 6.10 Å². The van der Waals surface area contributed by atoms with Gasteiger partial charge in [0.1, 0.15) is 6.61 Å². The van der Waals surface area contributed by atoms with Gasteiger partial charge in [0.2, 0.25) is 0 Å². The maximum absolute atomic E-state index is 12.4. The van der Waals surface area contributed by atoms with Gasteiger partial charge in [0, 0.05) is 12.8 Å². The van der Waals surface area contributed by atoms with Crippen molar-refractivity contribution in [1.82, 2.24) is 0 Å².